The molecular weight excluding hydrogens is 356 g/mol. The Kier molecular flexibility index (Phi) is 6.26. The number of alkyl halides is 1. The third-order valence-electron chi connectivity index (χ3n) is 3.22. The molecule has 2 aromatic rings. The number of nitrogens with one attached hydrogen (secondary N) is 1. The van der Waals surface area contributed by atoms with Crippen molar-refractivity contribution in [2.45, 2.75) is 39.8 Å². The molecule has 1 amide bonds. The number of nitrogens with two attached hydrogens (primary N) is 1. The van der Waals surface area contributed by atoms with E-state index in [-0.39, 0.29) is 12.4 Å². The molecule has 0 aliphatic rings. The summed E-state index contributed by atoms with van der Waals surface area (Å²) in [6.45, 7) is 7.43. The number of amides is 1. The summed E-state index contributed by atoms with van der Waals surface area (Å²) in [5.74, 6) is 1.62. The summed E-state index contributed by atoms with van der Waals surface area (Å²) >= 11 is 5.62. The predicted molar refractivity (Wildman–Crippen MR) is 102 cm³/mol. The lowest BCUT2D eigenvalue weighted by atomic mass is 10.2. The highest BCUT2D eigenvalue weighted by atomic mass is 35.5. The summed E-state index contributed by atoms with van der Waals surface area (Å²) in [6, 6.07) is 7.26. The van der Waals surface area contributed by atoms with Gasteiger partial charge in [-0.2, -0.15) is 0 Å². The van der Waals surface area contributed by atoms with Crippen LogP contribution >= 0.6 is 11.6 Å². The lowest BCUT2D eigenvalue weighted by Crippen LogP contribution is -2.32. The quantitative estimate of drug-likeness (QED) is 0.466. The van der Waals surface area contributed by atoms with Crippen LogP contribution in [-0.4, -0.2) is 28.4 Å². The first kappa shape index (κ1) is 19.8. The molecule has 0 unspecified atom stereocenters. The highest BCUT2D eigenvalue weighted by molar-refractivity contribution is 6.28. The number of alkyl carbamates (subject to hydrolysis) is 1. The third-order valence-corrected chi connectivity index (χ3v) is 3.49. The first-order valence-corrected chi connectivity index (χ1v) is 8.64. The van der Waals surface area contributed by atoms with Gasteiger partial charge in [-0.25, -0.2) is 14.8 Å². The van der Waals surface area contributed by atoms with Crippen LogP contribution in [0.2, 0.25) is 0 Å². The summed E-state index contributed by atoms with van der Waals surface area (Å²) in [7, 11) is 0. The van der Waals surface area contributed by atoms with Crippen LogP contribution in [0.3, 0.4) is 0 Å². The minimum absolute atomic E-state index is 0.175. The van der Waals surface area contributed by atoms with Crippen LogP contribution in [0.5, 0.6) is 0 Å². The Bertz CT molecular complexity index is 792. The number of aromatic nitrogens is 1. The molecule has 0 atom stereocenters. The molecule has 0 aliphatic carbocycles. The number of aryl methyl sites for hydroxylation is 1. The van der Waals surface area contributed by atoms with Crippen molar-refractivity contribution < 1.29 is 13.9 Å². The van der Waals surface area contributed by atoms with E-state index in [1.54, 1.807) is 39.8 Å². The van der Waals surface area contributed by atoms with E-state index < -0.39 is 11.7 Å². The van der Waals surface area contributed by atoms with Gasteiger partial charge in [0.1, 0.15) is 22.9 Å². The molecule has 0 aliphatic heterocycles. The van der Waals surface area contributed by atoms with Crippen molar-refractivity contribution in [2.24, 2.45) is 10.7 Å². The zero-order valence-corrected chi connectivity index (χ0v) is 16.1. The number of benzene rings is 1. The maximum Gasteiger partial charge on any atom is 0.407 e. The van der Waals surface area contributed by atoms with E-state index >= 15 is 0 Å². The number of hydrogen-bond donors (Lipinski definition) is 2. The Morgan fingerprint density at radius 2 is 2.00 bits per heavy atom. The van der Waals surface area contributed by atoms with Crippen LogP contribution in [0, 0.1) is 6.92 Å². The molecule has 1 aromatic heterocycles. The van der Waals surface area contributed by atoms with Crippen LogP contribution in [0.1, 0.15) is 32.2 Å². The van der Waals surface area contributed by atoms with Crippen LogP contribution in [0.4, 0.5) is 10.5 Å². The molecule has 0 radical (unpaired) electrons. The van der Waals surface area contributed by atoms with Crippen molar-refractivity contribution in [3.05, 3.63) is 35.7 Å². The van der Waals surface area contributed by atoms with Crippen LogP contribution in [-0.2, 0) is 11.3 Å². The largest absolute Gasteiger partial charge is 0.444 e. The van der Waals surface area contributed by atoms with Crippen molar-refractivity contribution in [1.82, 2.24) is 10.3 Å². The van der Waals surface area contributed by atoms with Crippen molar-refractivity contribution >= 4 is 29.2 Å². The van der Waals surface area contributed by atoms with Gasteiger partial charge in [0.05, 0.1) is 18.1 Å². The van der Waals surface area contributed by atoms with Crippen molar-refractivity contribution in [2.75, 3.05) is 5.88 Å². The fraction of sp³-hybridized carbons (Fsp3) is 0.389. The van der Waals surface area contributed by atoms with Crippen molar-refractivity contribution in [3.63, 3.8) is 0 Å². The maximum atomic E-state index is 11.7. The van der Waals surface area contributed by atoms with Gasteiger partial charge in [0.2, 0.25) is 5.89 Å². The predicted octanol–water partition coefficient (Wildman–Crippen LogP) is 3.90. The Hall–Kier alpha value is -2.54. The van der Waals surface area contributed by atoms with Gasteiger partial charge in [-0.15, -0.1) is 11.6 Å². The number of aliphatic imine (C=N–C) groups is 1. The zero-order chi connectivity index (χ0) is 19.3. The minimum Gasteiger partial charge on any atom is -0.444 e. The second kappa shape index (κ2) is 8.23. The second-order valence-electron chi connectivity index (χ2n) is 6.66. The molecule has 7 nitrogen and oxygen atoms in total. The maximum absolute atomic E-state index is 11.7. The first-order valence-electron chi connectivity index (χ1n) is 8.10. The fourth-order valence-corrected chi connectivity index (χ4v) is 2.12. The van der Waals surface area contributed by atoms with Gasteiger partial charge < -0.3 is 20.2 Å². The van der Waals surface area contributed by atoms with Crippen LogP contribution in [0.25, 0.3) is 11.5 Å². The van der Waals surface area contributed by atoms with E-state index in [4.69, 9.17) is 26.5 Å². The molecular formula is C18H23ClN4O3. The summed E-state index contributed by atoms with van der Waals surface area (Å²) in [6.07, 6.45) is -0.499. The number of nitrogens with zero attached hydrogens (tertiary/aromatic N) is 2. The molecule has 0 saturated heterocycles. The Labute approximate surface area is 157 Å². The van der Waals surface area contributed by atoms with Gasteiger partial charge in [0, 0.05) is 5.56 Å². The molecule has 140 valence electrons. The highest BCUT2D eigenvalue weighted by Crippen LogP contribution is 2.24. The standard InChI is InChI=1S/C18H23ClN4O3/c1-11-14(10-21-17(24)26-18(2,3)4)23-16(25-11)12-5-7-13(8-6-12)22-15(20)9-19/h5-8H,9-10H2,1-4H3,(H2,20,22)(H,21,24). The molecule has 8 heteroatoms. The van der Waals surface area contributed by atoms with Crippen molar-refractivity contribution in [1.29, 1.82) is 0 Å². The SMILES string of the molecule is Cc1oc(-c2ccc(N=C(N)CCl)cc2)nc1CNC(=O)OC(C)(C)C. The van der Waals surface area contributed by atoms with E-state index in [1.165, 1.54) is 0 Å². The summed E-state index contributed by atoms with van der Waals surface area (Å²) < 4.78 is 10.9. The summed E-state index contributed by atoms with van der Waals surface area (Å²) in [5.41, 5.74) is 7.19. The molecule has 26 heavy (non-hydrogen) atoms. The second-order valence-corrected chi connectivity index (χ2v) is 6.93. The number of halogens is 1. The number of ether oxygens (including phenoxy) is 1. The normalized spacial score (nSPS) is 12.1. The number of oxazole rings is 1. The lowest BCUT2D eigenvalue weighted by molar-refractivity contribution is 0.0523. The summed E-state index contributed by atoms with van der Waals surface area (Å²) in [5, 5.41) is 2.67. The monoisotopic (exact) mass is 378 g/mol. The third kappa shape index (κ3) is 5.77. The zero-order valence-electron chi connectivity index (χ0n) is 15.3. The number of rotatable bonds is 5. The fourth-order valence-electron chi connectivity index (χ4n) is 2.06. The molecule has 3 N–H and O–H groups in total. The van der Waals surface area contributed by atoms with E-state index in [0.717, 1.165) is 5.56 Å². The topological polar surface area (TPSA) is 103 Å². The van der Waals surface area contributed by atoms with Gasteiger partial charge >= 0.3 is 6.09 Å². The van der Waals surface area contributed by atoms with E-state index in [1.807, 2.05) is 12.1 Å². The molecule has 2 rings (SSSR count). The average molecular weight is 379 g/mol. The van der Waals surface area contributed by atoms with Gasteiger partial charge in [-0.05, 0) is 52.0 Å². The van der Waals surface area contributed by atoms with Crippen LogP contribution in [0.15, 0.2) is 33.7 Å². The van der Waals surface area contributed by atoms with E-state index in [0.29, 0.717) is 28.9 Å². The molecule has 0 fully saturated rings. The van der Waals surface area contributed by atoms with Gasteiger partial charge in [0.15, 0.2) is 0 Å². The smallest absolute Gasteiger partial charge is 0.407 e. The number of carbonyl (C=O) groups excluding carboxylic acids is 1. The molecule has 1 heterocycles. The summed E-state index contributed by atoms with van der Waals surface area (Å²) in [4.78, 5) is 20.3. The van der Waals surface area contributed by atoms with Crippen molar-refractivity contribution in [3.8, 4) is 11.5 Å². The first-order chi connectivity index (χ1) is 12.2. The Morgan fingerprint density at radius 1 is 1.35 bits per heavy atom. The number of carbonyl (C=O) groups is 1. The van der Waals surface area contributed by atoms with Crippen LogP contribution < -0.4 is 11.1 Å². The molecule has 0 spiro atoms. The Balaban J connectivity index is 2.06. The average Bonchev–Trinajstić information content (AvgIpc) is 2.93. The number of hydrogen-bond acceptors (Lipinski definition) is 5. The highest BCUT2D eigenvalue weighted by Gasteiger charge is 2.17. The molecule has 1 aromatic carbocycles. The number of amidine groups is 1. The lowest BCUT2D eigenvalue weighted by Gasteiger charge is -2.19. The van der Waals surface area contributed by atoms with Gasteiger partial charge in [-0.3, -0.25) is 0 Å². The Morgan fingerprint density at radius 3 is 2.58 bits per heavy atom. The minimum atomic E-state index is -0.550. The van der Waals surface area contributed by atoms with E-state index in [2.05, 4.69) is 15.3 Å². The van der Waals surface area contributed by atoms with Gasteiger partial charge in [-0.1, -0.05) is 0 Å². The molecule has 0 bridgehead atoms. The van der Waals surface area contributed by atoms with Gasteiger partial charge in [0.25, 0.3) is 0 Å². The molecule has 0 saturated carbocycles. The van der Waals surface area contributed by atoms with E-state index in [9.17, 15) is 4.79 Å².